The smallest absolute Gasteiger partial charge is 0.319 e. The first-order chi connectivity index (χ1) is 12.7. The molecule has 0 amide bonds. The Bertz CT molecular complexity index is 445. The zero-order chi connectivity index (χ0) is 21.3. The second-order valence-corrected chi connectivity index (χ2v) is 5.80. The van der Waals surface area contributed by atoms with E-state index in [2.05, 4.69) is 4.99 Å². The molecule has 0 saturated heterocycles. The number of ether oxygens (including phenoxy) is 2. The molecule has 13 nitrogen and oxygen atoms in total. The van der Waals surface area contributed by atoms with Crippen molar-refractivity contribution in [3.05, 3.63) is 0 Å². The highest BCUT2D eigenvalue weighted by atomic mass is 16.8. The van der Waals surface area contributed by atoms with Crippen LogP contribution in [0.3, 0.4) is 0 Å². The van der Waals surface area contributed by atoms with Crippen LogP contribution < -0.4 is 11.5 Å². The van der Waals surface area contributed by atoms with Crippen molar-refractivity contribution in [3.63, 3.8) is 0 Å². The van der Waals surface area contributed by atoms with E-state index in [1.54, 1.807) is 6.92 Å². The van der Waals surface area contributed by atoms with Crippen LogP contribution in [0.1, 0.15) is 6.92 Å². The lowest BCUT2D eigenvalue weighted by atomic mass is 9.79. The molecule has 1 aliphatic heterocycles. The quantitative estimate of drug-likeness (QED) is 0.224. The van der Waals surface area contributed by atoms with E-state index in [1.165, 1.54) is 28.4 Å². The molecule has 0 saturated carbocycles. The average Bonchev–Trinajstić information content (AvgIpc) is 2.69. The SMILES string of the molecule is CC(CO)C(CO)(CO)CO.COC1=NC(N)N(OC)C(N)(OC)N1OC. The Balaban J connectivity index is 0.000000541. The van der Waals surface area contributed by atoms with Crippen LogP contribution in [0.25, 0.3) is 0 Å². The van der Waals surface area contributed by atoms with Gasteiger partial charge in [0.25, 0.3) is 0 Å². The van der Waals surface area contributed by atoms with E-state index < -0.39 is 17.7 Å². The summed E-state index contributed by atoms with van der Waals surface area (Å²) >= 11 is 0. The molecule has 1 aliphatic rings. The van der Waals surface area contributed by atoms with Gasteiger partial charge in [-0.2, -0.15) is 4.99 Å². The van der Waals surface area contributed by atoms with Crippen LogP contribution in [0.2, 0.25) is 0 Å². The number of rotatable bonds is 8. The Morgan fingerprint density at radius 1 is 1.11 bits per heavy atom. The second kappa shape index (κ2) is 11.7. The molecule has 1 rings (SSSR count). The fraction of sp³-hybridized carbons (Fsp3) is 0.929. The summed E-state index contributed by atoms with van der Waals surface area (Å²) in [7, 11) is 5.57. The summed E-state index contributed by atoms with van der Waals surface area (Å²) in [5.74, 6) is -1.86. The zero-order valence-electron chi connectivity index (χ0n) is 16.4. The molecule has 13 heteroatoms. The number of nitrogens with zero attached hydrogens (tertiary/aromatic N) is 3. The molecule has 0 bridgehead atoms. The predicted octanol–water partition coefficient (Wildman–Crippen LogP) is -3.23. The van der Waals surface area contributed by atoms with Gasteiger partial charge in [-0.25, -0.2) is 0 Å². The molecule has 1 heterocycles. The number of hydrogen-bond acceptors (Lipinski definition) is 13. The van der Waals surface area contributed by atoms with Crippen LogP contribution in [0, 0.1) is 11.3 Å². The maximum absolute atomic E-state index is 8.85. The van der Waals surface area contributed by atoms with Gasteiger partial charge in [-0.3, -0.25) is 21.1 Å². The van der Waals surface area contributed by atoms with Gasteiger partial charge >= 0.3 is 12.0 Å². The molecule has 0 fully saturated rings. The third kappa shape index (κ3) is 5.45. The van der Waals surface area contributed by atoms with Gasteiger partial charge in [-0.1, -0.05) is 12.0 Å². The fourth-order valence-corrected chi connectivity index (χ4v) is 2.20. The van der Waals surface area contributed by atoms with Gasteiger partial charge in [0.15, 0.2) is 6.29 Å². The topological polar surface area (TPSA) is 189 Å². The van der Waals surface area contributed by atoms with Gasteiger partial charge in [-0.05, 0) is 5.92 Å². The van der Waals surface area contributed by atoms with Crippen LogP contribution in [0.5, 0.6) is 0 Å². The highest BCUT2D eigenvalue weighted by Crippen LogP contribution is 2.25. The van der Waals surface area contributed by atoms with Crippen molar-refractivity contribution in [2.45, 2.75) is 19.2 Å². The number of aliphatic hydroxyl groups is 4. The van der Waals surface area contributed by atoms with E-state index >= 15 is 0 Å². The molecular formula is C14H33N5O8. The largest absolute Gasteiger partial charge is 0.467 e. The van der Waals surface area contributed by atoms with Crippen molar-refractivity contribution in [3.8, 4) is 0 Å². The summed E-state index contributed by atoms with van der Waals surface area (Å²) in [4.78, 5) is 14.0. The number of aliphatic hydroxyl groups excluding tert-OH is 4. The standard InChI is InChI=1S/C7H17N5O4.C7H16O4/c1-13-6-10-5(8)11(15-3)7(9,14-2)12(6)16-4;1-6(2-8)7(3-9,4-10)5-11/h5H,8-9H2,1-4H3;6,8-11H,2-5H2,1H3. The first-order valence-corrected chi connectivity index (χ1v) is 8.04. The number of methoxy groups -OCH3 is 2. The lowest BCUT2D eigenvalue weighted by Gasteiger charge is -2.47. The summed E-state index contributed by atoms with van der Waals surface area (Å²) in [6, 6.07) is 0.0904. The summed E-state index contributed by atoms with van der Waals surface area (Å²) in [5.41, 5.74) is 10.7. The average molecular weight is 399 g/mol. The van der Waals surface area contributed by atoms with Gasteiger partial charge in [-0.15, -0.1) is 5.06 Å². The molecule has 0 aromatic rings. The Morgan fingerprint density at radius 3 is 1.89 bits per heavy atom. The normalized spacial score (nSPS) is 24.8. The lowest BCUT2D eigenvalue weighted by molar-refractivity contribution is -0.407. The number of hydroxylamine groups is 4. The number of nitrogens with two attached hydrogens (primary N) is 2. The third-order valence-electron chi connectivity index (χ3n) is 4.39. The van der Waals surface area contributed by atoms with Crippen LogP contribution in [-0.2, 0) is 19.1 Å². The molecule has 8 N–H and O–H groups in total. The predicted molar refractivity (Wildman–Crippen MR) is 94.0 cm³/mol. The van der Waals surface area contributed by atoms with Crippen molar-refractivity contribution < 1.29 is 39.6 Å². The second-order valence-electron chi connectivity index (χ2n) is 5.80. The molecule has 0 spiro atoms. The Kier molecular flexibility index (Phi) is 11.2. The molecule has 0 aromatic carbocycles. The summed E-state index contributed by atoms with van der Waals surface area (Å²) < 4.78 is 10.1. The molecule has 0 aromatic heterocycles. The van der Waals surface area contributed by atoms with Gasteiger partial charge in [0.1, 0.15) is 0 Å². The summed E-state index contributed by atoms with van der Waals surface area (Å²) in [6.45, 7) is 0.565. The third-order valence-corrected chi connectivity index (χ3v) is 4.39. The van der Waals surface area contributed by atoms with Gasteiger partial charge in [0.05, 0.1) is 41.2 Å². The Labute approximate surface area is 158 Å². The van der Waals surface area contributed by atoms with E-state index in [4.69, 9.17) is 51.0 Å². The monoisotopic (exact) mass is 399 g/mol. The van der Waals surface area contributed by atoms with E-state index in [0.717, 1.165) is 10.1 Å². The number of aliphatic imine (C=N–C) groups is 1. The zero-order valence-corrected chi connectivity index (χ0v) is 16.4. The van der Waals surface area contributed by atoms with Gasteiger partial charge in [0, 0.05) is 19.1 Å². The minimum absolute atomic E-state index is 0.0904. The van der Waals surface area contributed by atoms with Crippen LogP contribution in [0.15, 0.2) is 4.99 Å². The van der Waals surface area contributed by atoms with Gasteiger partial charge < -0.3 is 29.9 Å². The lowest BCUT2D eigenvalue weighted by Crippen LogP contribution is -2.74. The van der Waals surface area contributed by atoms with Gasteiger partial charge in [0.2, 0.25) is 0 Å². The molecule has 27 heavy (non-hydrogen) atoms. The Hall–Kier alpha value is -1.13. The molecular weight excluding hydrogens is 366 g/mol. The first kappa shape index (κ1) is 25.9. The van der Waals surface area contributed by atoms with E-state index in [0.29, 0.717) is 0 Å². The van der Waals surface area contributed by atoms with Crippen LogP contribution in [0.4, 0.5) is 0 Å². The number of amidine groups is 1. The minimum atomic E-state index is -1.56. The van der Waals surface area contributed by atoms with E-state index in [1.807, 2.05) is 0 Å². The first-order valence-electron chi connectivity index (χ1n) is 8.04. The van der Waals surface area contributed by atoms with Crippen LogP contribution in [-0.4, -0.2) is 104 Å². The summed E-state index contributed by atoms with van der Waals surface area (Å²) in [5, 5.41) is 37.5. The van der Waals surface area contributed by atoms with E-state index in [9.17, 15) is 0 Å². The molecule has 162 valence electrons. The van der Waals surface area contributed by atoms with Crippen molar-refractivity contribution in [1.82, 2.24) is 10.1 Å². The maximum atomic E-state index is 8.85. The maximum Gasteiger partial charge on any atom is 0.319 e. The van der Waals surface area contributed by atoms with Crippen molar-refractivity contribution >= 4 is 6.02 Å². The fourth-order valence-electron chi connectivity index (χ4n) is 2.20. The Morgan fingerprint density at radius 2 is 1.63 bits per heavy atom. The minimum Gasteiger partial charge on any atom is -0.467 e. The molecule has 3 atom stereocenters. The number of hydrogen-bond donors (Lipinski definition) is 6. The highest BCUT2D eigenvalue weighted by molar-refractivity contribution is 5.73. The van der Waals surface area contributed by atoms with Crippen molar-refractivity contribution in [2.75, 3.05) is 54.9 Å². The summed E-state index contributed by atoms with van der Waals surface area (Å²) in [6.07, 6.45) is -0.865. The van der Waals surface area contributed by atoms with Crippen molar-refractivity contribution in [2.24, 2.45) is 27.8 Å². The van der Waals surface area contributed by atoms with E-state index in [-0.39, 0.29) is 38.4 Å². The molecule has 0 aliphatic carbocycles. The van der Waals surface area contributed by atoms with Crippen LogP contribution >= 0.6 is 0 Å². The molecule has 0 radical (unpaired) electrons. The molecule has 3 unspecified atom stereocenters. The highest BCUT2D eigenvalue weighted by Gasteiger charge is 2.50. The van der Waals surface area contributed by atoms with Crippen molar-refractivity contribution in [1.29, 1.82) is 0 Å².